The van der Waals surface area contributed by atoms with E-state index in [1.165, 1.54) is 0 Å². The van der Waals surface area contributed by atoms with Crippen LogP contribution in [0.2, 0.25) is 10.0 Å². The van der Waals surface area contributed by atoms with E-state index in [4.69, 9.17) is 28.3 Å². The predicted octanol–water partition coefficient (Wildman–Crippen LogP) is 6.44. The van der Waals surface area contributed by atoms with E-state index in [0.717, 1.165) is 30.6 Å². The summed E-state index contributed by atoms with van der Waals surface area (Å²) < 4.78 is 0. The summed E-state index contributed by atoms with van der Waals surface area (Å²) in [6.07, 6.45) is 1.73. The Balaban J connectivity index is 2.03. The topological polar surface area (TPSA) is 61.4 Å². The molecule has 0 aliphatic rings. The van der Waals surface area contributed by atoms with Crippen LogP contribution in [0.15, 0.2) is 78.9 Å². The van der Waals surface area contributed by atoms with Crippen molar-refractivity contribution in [2.75, 3.05) is 25.0 Å². The monoisotopic (exact) mass is 498 g/mol. The highest BCUT2D eigenvalue weighted by molar-refractivity contribution is 6.42. The third-order valence-electron chi connectivity index (χ3n) is 6.12. The average molecular weight is 499 g/mol. The second-order valence-corrected chi connectivity index (χ2v) is 9.16. The predicted molar refractivity (Wildman–Crippen MR) is 142 cm³/mol. The van der Waals surface area contributed by atoms with Crippen LogP contribution in [0.5, 0.6) is 0 Å². The molecule has 0 heterocycles. The highest BCUT2D eigenvalue weighted by atomic mass is 35.5. The van der Waals surface area contributed by atoms with E-state index in [9.17, 15) is 4.79 Å². The van der Waals surface area contributed by atoms with Crippen LogP contribution in [0.25, 0.3) is 0 Å². The van der Waals surface area contributed by atoms with Gasteiger partial charge in [-0.05, 0) is 42.6 Å². The number of nitrogens with one attached hydrogen (secondary N) is 2. The van der Waals surface area contributed by atoms with Gasteiger partial charge < -0.3 is 15.7 Å². The number of hydrogen-bond acceptors (Lipinski definition) is 4. The number of Topliss-reactive ketones (excluding diaryl/α,β-unsaturated/α-hetero) is 1. The molecule has 3 N–H and O–H groups in total. The molecule has 6 heteroatoms. The van der Waals surface area contributed by atoms with Crippen LogP contribution in [0.3, 0.4) is 0 Å². The Hall–Kier alpha value is -2.37. The smallest absolute Gasteiger partial charge is 0.172 e. The molecule has 0 spiro atoms. The third kappa shape index (κ3) is 7.07. The summed E-state index contributed by atoms with van der Waals surface area (Å²) >= 11 is 12.5. The summed E-state index contributed by atoms with van der Waals surface area (Å²) in [4.78, 5) is 14.0. The molecule has 3 unspecified atom stereocenters. The van der Waals surface area contributed by atoms with Crippen molar-refractivity contribution in [3.05, 3.63) is 100 Å². The van der Waals surface area contributed by atoms with Gasteiger partial charge in [0.25, 0.3) is 0 Å². The van der Waals surface area contributed by atoms with Crippen molar-refractivity contribution in [1.29, 1.82) is 0 Å². The van der Waals surface area contributed by atoms with Gasteiger partial charge in [-0.15, -0.1) is 0 Å². The van der Waals surface area contributed by atoms with E-state index < -0.39 is 5.92 Å². The first-order valence-corrected chi connectivity index (χ1v) is 12.5. The summed E-state index contributed by atoms with van der Waals surface area (Å²) in [5, 5.41) is 17.0. The Kier molecular flexibility index (Phi) is 10.4. The van der Waals surface area contributed by atoms with E-state index in [0.29, 0.717) is 22.2 Å². The molecule has 3 aromatic rings. The molecule has 4 nitrogen and oxygen atoms in total. The lowest BCUT2D eigenvalue weighted by molar-refractivity contribution is 0.0937. The zero-order valence-electron chi connectivity index (χ0n) is 19.4. The molecule has 0 amide bonds. The first-order chi connectivity index (χ1) is 16.5. The van der Waals surface area contributed by atoms with Crippen LogP contribution >= 0.6 is 23.2 Å². The Bertz CT molecular complexity index is 1030. The molecule has 180 valence electrons. The van der Waals surface area contributed by atoms with Crippen molar-refractivity contribution in [2.24, 2.45) is 5.92 Å². The number of hydrogen-bond donors (Lipinski definition) is 3. The fraction of sp³-hybridized carbons (Fsp3) is 0.321. The maximum Gasteiger partial charge on any atom is 0.172 e. The lowest BCUT2D eigenvalue weighted by Crippen LogP contribution is -2.40. The van der Waals surface area contributed by atoms with E-state index in [-0.39, 0.29) is 24.3 Å². The number of ketones is 1. The quantitative estimate of drug-likeness (QED) is 0.187. The molecule has 3 rings (SSSR count). The SMILES string of the molecule is CCC(CCNCCO)C(Nc1ccc(Cl)c(Cl)c1)C(C(=O)c1ccccc1)c1ccccc1. The maximum absolute atomic E-state index is 14.0. The number of rotatable bonds is 13. The normalized spacial score (nSPS) is 13.8. The molecular weight excluding hydrogens is 467 g/mol. The number of halogens is 2. The summed E-state index contributed by atoms with van der Waals surface area (Å²) in [6.45, 7) is 3.54. The molecule has 3 atom stereocenters. The summed E-state index contributed by atoms with van der Waals surface area (Å²) in [7, 11) is 0. The molecule has 0 saturated carbocycles. The van der Waals surface area contributed by atoms with Crippen LogP contribution in [0.4, 0.5) is 5.69 Å². The summed E-state index contributed by atoms with van der Waals surface area (Å²) in [6, 6.07) is 24.7. The second kappa shape index (κ2) is 13.5. The Morgan fingerprint density at radius 3 is 2.21 bits per heavy atom. The van der Waals surface area contributed by atoms with E-state index in [1.807, 2.05) is 72.8 Å². The van der Waals surface area contributed by atoms with Gasteiger partial charge in [-0.1, -0.05) is 97.2 Å². The summed E-state index contributed by atoms with van der Waals surface area (Å²) in [5.41, 5.74) is 2.48. The van der Waals surface area contributed by atoms with Gasteiger partial charge >= 0.3 is 0 Å². The number of anilines is 1. The number of benzene rings is 3. The first-order valence-electron chi connectivity index (χ1n) is 11.7. The molecule has 3 aromatic carbocycles. The van der Waals surface area contributed by atoms with Gasteiger partial charge in [0.05, 0.1) is 22.6 Å². The molecule has 34 heavy (non-hydrogen) atoms. The number of aliphatic hydroxyl groups excluding tert-OH is 1. The van der Waals surface area contributed by atoms with Crippen LogP contribution in [0.1, 0.15) is 41.6 Å². The Morgan fingerprint density at radius 1 is 0.912 bits per heavy atom. The fourth-order valence-electron chi connectivity index (χ4n) is 4.34. The third-order valence-corrected chi connectivity index (χ3v) is 6.86. The number of aliphatic hydroxyl groups is 1. The van der Waals surface area contributed by atoms with Crippen molar-refractivity contribution >= 4 is 34.7 Å². The molecule has 0 aliphatic heterocycles. The van der Waals surface area contributed by atoms with Gasteiger partial charge in [0.15, 0.2) is 5.78 Å². The lowest BCUT2D eigenvalue weighted by atomic mass is 9.76. The van der Waals surface area contributed by atoms with Gasteiger partial charge in [0, 0.05) is 23.8 Å². The maximum atomic E-state index is 14.0. The van der Waals surface area contributed by atoms with Crippen LogP contribution in [-0.2, 0) is 0 Å². The van der Waals surface area contributed by atoms with Crippen molar-refractivity contribution in [2.45, 2.75) is 31.7 Å². The van der Waals surface area contributed by atoms with Gasteiger partial charge in [-0.3, -0.25) is 4.79 Å². The van der Waals surface area contributed by atoms with Crippen LogP contribution in [0, 0.1) is 5.92 Å². The van der Waals surface area contributed by atoms with E-state index in [2.05, 4.69) is 17.6 Å². The highest BCUT2D eigenvalue weighted by Gasteiger charge is 2.35. The number of carbonyl (C=O) groups excluding carboxylic acids is 1. The zero-order valence-corrected chi connectivity index (χ0v) is 20.9. The zero-order chi connectivity index (χ0) is 24.3. The van der Waals surface area contributed by atoms with Crippen molar-refractivity contribution in [3.63, 3.8) is 0 Å². The van der Waals surface area contributed by atoms with Crippen molar-refractivity contribution in [3.8, 4) is 0 Å². The van der Waals surface area contributed by atoms with Gasteiger partial charge in [-0.2, -0.15) is 0 Å². The van der Waals surface area contributed by atoms with E-state index >= 15 is 0 Å². The van der Waals surface area contributed by atoms with Gasteiger partial charge in [-0.25, -0.2) is 0 Å². The van der Waals surface area contributed by atoms with Crippen LogP contribution < -0.4 is 10.6 Å². The van der Waals surface area contributed by atoms with E-state index in [1.54, 1.807) is 6.07 Å². The van der Waals surface area contributed by atoms with Crippen LogP contribution in [-0.4, -0.2) is 36.6 Å². The highest BCUT2D eigenvalue weighted by Crippen LogP contribution is 2.35. The van der Waals surface area contributed by atoms with Gasteiger partial charge in [0.2, 0.25) is 0 Å². The lowest BCUT2D eigenvalue weighted by Gasteiger charge is -2.35. The minimum absolute atomic E-state index is 0.0751. The molecule has 0 radical (unpaired) electrons. The molecule has 0 saturated heterocycles. The molecule has 0 aromatic heterocycles. The second-order valence-electron chi connectivity index (χ2n) is 8.35. The average Bonchev–Trinajstić information content (AvgIpc) is 2.87. The molecular formula is C28H32Cl2N2O2. The fourth-order valence-corrected chi connectivity index (χ4v) is 4.64. The minimum Gasteiger partial charge on any atom is -0.395 e. The Labute approximate surface area is 212 Å². The molecule has 0 fully saturated rings. The Morgan fingerprint density at radius 2 is 1.59 bits per heavy atom. The van der Waals surface area contributed by atoms with Crippen molar-refractivity contribution in [1.82, 2.24) is 5.32 Å². The number of carbonyl (C=O) groups is 1. The first kappa shape index (κ1) is 26.2. The largest absolute Gasteiger partial charge is 0.395 e. The minimum atomic E-state index is -0.402. The standard InChI is InChI=1S/C28H32Cl2N2O2/c1-2-20(15-16-31-17-18-33)27(32-23-13-14-24(29)25(30)19-23)26(21-9-5-3-6-10-21)28(34)22-11-7-4-8-12-22/h3-14,19-20,26-27,31-33H,2,15-18H2,1H3. The molecule has 0 aliphatic carbocycles. The van der Waals surface area contributed by atoms with Crippen molar-refractivity contribution < 1.29 is 9.90 Å². The molecule has 0 bridgehead atoms. The summed E-state index contributed by atoms with van der Waals surface area (Å²) in [5.74, 6) is -0.148. The van der Waals surface area contributed by atoms with Gasteiger partial charge in [0.1, 0.15) is 0 Å².